The molecular weight excluding hydrogens is 164 g/mol. The van der Waals surface area contributed by atoms with Gasteiger partial charge in [0.25, 0.3) is 0 Å². The number of aliphatic hydroxyl groups is 1. The first kappa shape index (κ1) is 12.9. The molecule has 0 heterocycles. The largest absolute Gasteiger partial charge is 0.395 e. The third-order valence-electron chi connectivity index (χ3n) is 2.80. The van der Waals surface area contributed by atoms with Crippen LogP contribution in [0.15, 0.2) is 0 Å². The molecule has 2 atom stereocenters. The molecule has 0 bridgehead atoms. The highest BCUT2D eigenvalue weighted by molar-refractivity contribution is 4.73. The average Bonchev–Trinajstić information content (AvgIpc) is 2.12. The van der Waals surface area contributed by atoms with E-state index in [0.29, 0.717) is 12.0 Å². The molecule has 0 radical (unpaired) electrons. The van der Waals surface area contributed by atoms with Gasteiger partial charge in [-0.05, 0) is 26.9 Å². The fourth-order valence-corrected chi connectivity index (χ4v) is 1.26. The Balaban J connectivity index is 3.89. The maximum Gasteiger partial charge on any atom is 0.0597 e. The second kappa shape index (κ2) is 6.35. The summed E-state index contributed by atoms with van der Waals surface area (Å²) in [5, 5.41) is 12.1. The van der Waals surface area contributed by atoms with E-state index in [1.165, 1.54) is 0 Å². The Kier molecular flexibility index (Phi) is 6.29. The zero-order valence-corrected chi connectivity index (χ0v) is 9.54. The number of likely N-dealkylation sites (N-methyl/N-ethyl adjacent to an activating group) is 2. The molecule has 0 saturated carbocycles. The molecule has 0 aliphatic heterocycles. The van der Waals surface area contributed by atoms with Crippen molar-refractivity contribution in [1.29, 1.82) is 0 Å². The number of aliphatic hydroxyl groups excluding tert-OH is 1. The standard InChI is InChI=1S/C10H24N2O/c1-8(2)9(3)12(5)6-10(7-13)11-4/h8-11,13H,6-7H2,1-5H3. The Labute approximate surface area is 82.1 Å². The highest BCUT2D eigenvalue weighted by Crippen LogP contribution is 2.07. The first-order chi connectivity index (χ1) is 6.02. The molecular formula is C10H24N2O. The van der Waals surface area contributed by atoms with Crippen LogP contribution >= 0.6 is 0 Å². The van der Waals surface area contributed by atoms with Crippen molar-refractivity contribution in [2.45, 2.75) is 32.9 Å². The van der Waals surface area contributed by atoms with Crippen LogP contribution < -0.4 is 5.32 Å². The van der Waals surface area contributed by atoms with Crippen LogP contribution in [-0.2, 0) is 0 Å². The van der Waals surface area contributed by atoms with Gasteiger partial charge >= 0.3 is 0 Å². The molecule has 0 fully saturated rings. The van der Waals surface area contributed by atoms with Crippen LogP contribution in [0.4, 0.5) is 0 Å². The van der Waals surface area contributed by atoms with Gasteiger partial charge < -0.3 is 15.3 Å². The van der Waals surface area contributed by atoms with E-state index in [2.05, 4.69) is 38.0 Å². The molecule has 0 spiro atoms. The molecule has 0 aromatic carbocycles. The zero-order chi connectivity index (χ0) is 10.4. The highest BCUT2D eigenvalue weighted by Gasteiger charge is 2.15. The lowest BCUT2D eigenvalue weighted by molar-refractivity contribution is 0.157. The predicted octanol–water partition coefficient (Wildman–Crippen LogP) is 0.543. The molecule has 0 saturated heterocycles. The third kappa shape index (κ3) is 4.60. The van der Waals surface area contributed by atoms with Crippen LogP contribution in [0, 0.1) is 5.92 Å². The van der Waals surface area contributed by atoms with Crippen LogP contribution in [0.25, 0.3) is 0 Å². The van der Waals surface area contributed by atoms with Crippen molar-refractivity contribution in [3.63, 3.8) is 0 Å². The van der Waals surface area contributed by atoms with Gasteiger partial charge in [-0.3, -0.25) is 0 Å². The van der Waals surface area contributed by atoms with Crippen molar-refractivity contribution in [2.75, 3.05) is 27.2 Å². The molecule has 3 nitrogen and oxygen atoms in total. The lowest BCUT2D eigenvalue weighted by atomic mass is 10.0. The number of rotatable bonds is 6. The predicted molar refractivity (Wildman–Crippen MR) is 56.9 cm³/mol. The van der Waals surface area contributed by atoms with Gasteiger partial charge in [-0.25, -0.2) is 0 Å². The Bertz CT molecular complexity index is 124. The maximum atomic E-state index is 9.01. The summed E-state index contributed by atoms with van der Waals surface area (Å²) < 4.78 is 0. The molecule has 13 heavy (non-hydrogen) atoms. The molecule has 0 aromatic heterocycles. The van der Waals surface area contributed by atoms with E-state index in [4.69, 9.17) is 5.11 Å². The lowest BCUT2D eigenvalue weighted by Crippen LogP contribution is -2.44. The van der Waals surface area contributed by atoms with Gasteiger partial charge in [-0.1, -0.05) is 13.8 Å². The van der Waals surface area contributed by atoms with Crippen molar-refractivity contribution in [1.82, 2.24) is 10.2 Å². The Morgan fingerprint density at radius 2 is 1.85 bits per heavy atom. The molecule has 2 N–H and O–H groups in total. The summed E-state index contributed by atoms with van der Waals surface area (Å²) in [5.41, 5.74) is 0. The van der Waals surface area contributed by atoms with E-state index >= 15 is 0 Å². The van der Waals surface area contributed by atoms with E-state index in [9.17, 15) is 0 Å². The summed E-state index contributed by atoms with van der Waals surface area (Å²) in [4.78, 5) is 2.28. The molecule has 0 rings (SSSR count). The Morgan fingerprint density at radius 1 is 1.31 bits per heavy atom. The molecule has 3 heteroatoms. The second-order valence-corrected chi connectivity index (χ2v) is 4.09. The minimum atomic E-state index is 0.186. The van der Waals surface area contributed by atoms with Crippen LogP contribution in [0.3, 0.4) is 0 Å². The summed E-state index contributed by atoms with van der Waals surface area (Å²) in [5.74, 6) is 0.654. The molecule has 0 aliphatic rings. The van der Waals surface area contributed by atoms with Gasteiger partial charge in [0.1, 0.15) is 0 Å². The van der Waals surface area contributed by atoms with Crippen molar-refractivity contribution >= 4 is 0 Å². The third-order valence-corrected chi connectivity index (χ3v) is 2.80. The van der Waals surface area contributed by atoms with E-state index in [0.717, 1.165) is 6.54 Å². The average molecular weight is 188 g/mol. The van der Waals surface area contributed by atoms with Crippen molar-refractivity contribution in [2.24, 2.45) is 5.92 Å². The van der Waals surface area contributed by atoms with Gasteiger partial charge in [0.15, 0.2) is 0 Å². The summed E-state index contributed by atoms with van der Waals surface area (Å²) >= 11 is 0. The van der Waals surface area contributed by atoms with Gasteiger partial charge in [-0.15, -0.1) is 0 Å². The maximum absolute atomic E-state index is 9.01. The fourth-order valence-electron chi connectivity index (χ4n) is 1.26. The Hall–Kier alpha value is -0.120. The molecule has 0 aliphatic carbocycles. The molecule has 80 valence electrons. The zero-order valence-electron chi connectivity index (χ0n) is 9.54. The minimum absolute atomic E-state index is 0.186. The van der Waals surface area contributed by atoms with Crippen molar-refractivity contribution in [3.8, 4) is 0 Å². The number of nitrogens with one attached hydrogen (secondary N) is 1. The van der Waals surface area contributed by atoms with Crippen LogP contribution in [0.1, 0.15) is 20.8 Å². The number of nitrogens with zero attached hydrogens (tertiary/aromatic N) is 1. The van der Waals surface area contributed by atoms with Gasteiger partial charge in [0.2, 0.25) is 0 Å². The van der Waals surface area contributed by atoms with E-state index < -0.39 is 0 Å². The van der Waals surface area contributed by atoms with Crippen LogP contribution in [0.2, 0.25) is 0 Å². The summed E-state index contributed by atoms with van der Waals surface area (Å²) in [6, 6.07) is 0.744. The summed E-state index contributed by atoms with van der Waals surface area (Å²) in [7, 11) is 3.99. The minimum Gasteiger partial charge on any atom is -0.395 e. The SMILES string of the molecule is CNC(CO)CN(C)C(C)C(C)C. The smallest absolute Gasteiger partial charge is 0.0597 e. The first-order valence-electron chi connectivity index (χ1n) is 5.01. The summed E-state index contributed by atoms with van der Waals surface area (Å²) in [6.07, 6.45) is 0. The van der Waals surface area contributed by atoms with Crippen molar-refractivity contribution in [3.05, 3.63) is 0 Å². The van der Waals surface area contributed by atoms with Crippen molar-refractivity contribution < 1.29 is 5.11 Å². The van der Waals surface area contributed by atoms with E-state index in [1.54, 1.807) is 0 Å². The number of hydrogen-bond acceptors (Lipinski definition) is 3. The lowest BCUT2D eigenvalue weighted by Gasteiger charge is -2.30. The van der Waals surface area contributed by atoms with E-state index in [1.807, 2.05) is 7.05 Å². The molecule has 2 unspecified atom stereocenters. The van der Waals surface area contributed by atoms with E-state index in [-0.39, 0.29) is 12.6 Å². The van der Waals surface area contributed by atoms with Gasteiger partial charge in [0.05, 0.1) is 6.61 Å². The second-order valence-electron chi connectivity index (χ2n) is 4.09. The van der Waals surface area contributed by atoms with Crippen LogP contribution in [0.5, 0.6) is 0 Å². The Morgan fingerprint density at radius 3 is 2.15 bits per heavy atom. The van der Waals surface area contributed by atoms with Gasteiger partial charge in [-0.2, -0.15) is 0 Å². The number of hydrogen-bond donors (Lipinski definition) is 2. The summed E-state index contributed by atoms with van der Waals surface area (Å²) in [6.45, 7) is 7.75. The molecule has 0 aromatic rings. The fraction of sp³-hybridized carbons (Fsp3) is 1.00. The molecule has 0 amide bonds. The first-order valence-corrected chi connectivity index (χ1v) is 5.01. The highest BCUT2D eigenvalue weighted by atomic mass is 16.3. The quantitative estimate of drug-likeness (QED) is 0.639. The van der Waals surface area contributed by atoms with Gasteiger partial charge in [0, 0.05) is 18.6 Å². The normalized spacial score (nSPS) is 16.6. The van der Waals surface area contributed by atoms with Crippen LogP contribution in [-0.4, -0.2) is 49.3 Å². The topological polar surface area (TPSA) is 35.5 Å². The monoisotopic (exact) mass is 188 g/mol.